The second kappa shape index (κ2) is 9.48. The van der Waals surface area contributed by atoms with Gasteiger partial charge in [0.2, 0.25) is 0 Å². The van der Waals surface area contributed by atoms with Crippen molar-refractivity contribution in [3.63, 3.8) is 0 Å². The van der Waals surface area contributed by atoms with Gasteiger partial charge in [-0.25, -0.2) is 0 Å². The van der Waals surface area contributed by atoms with Crippen molar-refractivity contribution in [2.75, 3.05) is 13.2 Å². The number of allylic oxidation sites excluding steroid dienone is 5. The van der Waals surface area contributed by atoms with Gasteiger partial charge < -0.3 is 19.3 Å². The third kappa shape index (κ3) is 3.83. The summed E-state index contributed by atoms with van der Waals surface area (Å²) in [6.45, 7) is 15.7. The highest BCUT2D eigenvalue weighted by Gasteiger charge is 2.75. The van der Waals surface area contributed by atoms with Crippen LogP contribution in [0, 0.1) is 34.5 Å². The van der Waals surface area contributed by atoms with E-state index in [1.807, 2.05) is 0 Å². The van der Waals surface area contributed by atoms with E-state index in [0.29, 0.717) is 24.9 Å². The summed E-state index contributed by atoms with van der Waals surface area (Å²) in [7, 11) is 0. The maximum absolute atomic E-state index is 14.1. The molecular weight excluding hydrogens is 452 g/mol. The number of carbonyl (C=O) groups excluding carboxylic acids is 1. The molecule has 0 spiro atoms. The monoisotopic (exact) mass is 498 g/mol. The first-order valence-electron chi connectivity index (χ1n) is 14.3. The van der Waals surface area contributed by atoms with Gasteiger partial charge in [0, 0.05) is 23.4 Å². The number of hydrogen-bond donors (Lipinski definition) is 1. The molecule has 0 radical (unpaired) electrons. The van der Waals surface area contributed by atoms with Crippen molar-refractivity contribution in [1.82, 2.24) is 0 Å². The van der Waals surface area contributed by atoms with Crippen LogP contribution in [0.1, 0.15) is 79.6 Å². The molecular formula is C31H46O5. The second-order valence-electron chi connectivity index (χ2n) is 13.0. The Morgan fingerprint density at radius 3 is 2.83 bits per heavy atom. The maximum Gasteiger partial charge on any atom is 0.193 e. The molecule has 1 N–H and O–H groups in total. The Kier molecular flexibility index (Phi) is 6.94. The van der Waals surface area contributed by atoms with Crippen molar-refractivity contribution in [3.05, 3.63) is 36.0 Å². The predicted octanol–water partition coefficient (Wildman–Crippen LogP) is 5.77. The summed E-state index contributed by atoms with van der Waals surface area (Å²) in [6.07, 6.45) is 11.5. The Labute approximate surface area is 217 Å². The molecule has 0 bridgehead atoms. The molecule has 3 saturated carbocycles. The molecule has 200 valence electrons. The van der Waals surface area contributed by atoms with Crippen molar-refractivity contribution >= 4 is 5.78 Å². The van der Waals surface area contributed by atoms with Gasteiger partial charge in [-0.2, -0.15) is 0 Å². The van der Waals surface area contributed by atoms with Crippen molar-refractivity contribution < 1.29 is 24.1 Å². The first-order chi connectivity index (χ1) is 17.1. The van der Waals surface area contributed by atoms with E-state index >= 15 is 0 Å². The third-order valence-corrected chi connectivity index (χ3v) is 10.4. The number of aliphatic hydroxyl groups is 1. The van der Waals surface area contributed by atoms with Gasteiger partial charge in [0.25, 0.3) is 0 Å². The second-order valence-corrected chi connectivity index (χ2v) is 13.0. The molecule has 1 unspecified atom stereocenters. The van der Waals surface area contributed by atoms with E-state index in [2.05, 4.69) is 59.4 Å². The van der Waals surface area contributed by atoms with Crippen LogP contribution >= 0.6 is 0 Å². The zero-order chi connectivity index (χ0) is 25.9. The topological polar surface area (TPSA) is 65.0 Å². The summed E-state index contributed by atoms with van der Waals surface area (Å²) < 4.78 is 19.1. The van der Waals surface area contributed by atoms with E-state index in [1.165, 1.54) is 5.57 Å². The van der Waals surface area contributed by atoms with E-state index in [1.54, 1.807) is 0 Å². The molecule has 4 aliphatic carbocycles. The molecule has 4 fully saturated rings. The SMILES string of the molecule is C=C1C=C[C@@]2(C)C(=C1)CC[C@@H]1[C@@H]2[C@@H](O)C[C@@]2(C)[C@H]1C[C@H]1OC(CCC)O[C@]12C(=O)COCCC(C)C. The van der Waals surface area contributed by atoms with Gasteiger partial charge in [-0.3, -0.25) is 4.79 Å². The van der Waals surface area contributed by atoms with Crippen LogP contribution < -0.4 is 0 Å². The smallest absolute Gasteiger partial charge is 0.193 e. The fourth-order valence-electron chi connectivity index (χ4n) is 8.67. The maximum atomic E-state index is 14.1. The average Bonchev–Trinajstić information content (AvgIpc) is 3.29. The molecule has 5 nitrogen and oxygen atoms in total. The molecule has 9 atom stereocenters. The van der Waals surface area contributed by atoms with E-state index in [-0.39, 0.29) is 42.0 Å². The standard InChI is InChI=1S/C31H46O5/c1-7-8-27-35-26-16-23-22-10-9-21-15-20(4)11-13-29(21,5)28(22)24(32)17-30(23,6)31(26,36-27)25(33)18-34-14-12-19(2)3/h11,13,15,19,22-24,26-28,32H,4,7-10,12,14,16-18H2,1-3,5-6H3/t22-,23-,24-,26+,27?,28+,29-,30-,31+/m0/s1. The van der Waals surface area contributed by atoms with Crippen LogP contribution in [-0.2, 0) is 19.0 Å². The van der Waals surface area contributed by atoms with Gasteiger partial charge in [0.05, 0.1) is 12.2 Å². The molecule has 36 heavy (non-hydrogen) atoms. The zero-order valence-corrected chi connectivity index (χ0v) is 22.9. The van der Waals surface area contributed by atoms with Gasteiger partial charge in [0.1, 0.15) is 6.61 Å². The molecule has 1 heterocycles. The minimum Gasteiger partial charge on any atom is -0.393 e. The Hall–Kier alpha value is -1.27. The quantitative estimate of drug-likeness (QED) is 0.430. The van der Waals surface area contributed by atoms with Crippen molar-refractivity contribution in [3.8, 4) is 0 Å². The van der Waals surface area contributed by atoms with Crippen LogP contribution in [0.25, 0.3) is 0 Å². The molecule has 5 heteroatoms. The van der Waals surface area contributed by atoms with Crippen molar-refractivity contribution in [1.29, 1.82) is 0 Å². The largest absolute Gasteiger partial charge is 0.393 e. The van der Waals surface area contributed by atoms with E-state index in [4.69, 9.17) is 14.2 Å². The molecule has 0 aromatic carbocycles. The zero-order valence-electron chi connectivity index (χ0n) is 22.9. The Bertz CT molecular complexity index is 951. The number of aliphatic hydroxyl groups excluding tert-OH is 1. The lowest BCUT2D eigenvalue weighted by Crippen LogP contribution is -2.63. The first-order valence-corrected chi connectivity index (χ1v) is 14.3. The van der Waals surface area contributed by atoms with Gasteiger partial charge in [-0.05, 0) is 61.9 Å². The number of fused-ring (bicyclic) bond motifs is 7. The van der Waals surface area contributed by atoms with Crippen LogP contribution in [0.15, 0.2) is 36.0 Å². The Morgan fingerprint density at radius 2 is 2.11 bits per heavy atom. The summed E-state index contributed by atoms with van der Waals surface area (Å²) in [5.41, 5.74) is 0.717. The molecule has 5 aliphatic rings. The summed E-state index contributed by atoms with van der Waals surface area (Å²) in [5, 5.41) is 11.8. The molecule has 1 aliphatic heterocycles. The highest BCUT2D eigenvalue weighted by Crippen LogP contribution is 2.69. The normalized spacial score (nSPS) is 45.2. The summed E-state index contributed by atoms with van der Waals surface area (Å²) in [4.78, 5) is 14.1. The number of Topliss-reactive ketones (excluding diaryl/α,β-unsaturated/α-hetero) is 1. The van der Waals surface area contributed by atoms with Crippen LogP contribution in [0.5, 0.6) is 0 Å². The van der Waals surface area contributed by atoms with Gasteiger partial charge in [0.15, 0.2) is 17.7 Å². The highest BCUT2D eigenvalue weighted by atomic mass is 16.7. The fraction of sp³-hybridized carbons (Fsp3) is 0.774. The number of carbonyl (C=O) groups is 1. The number of hydrogen-bond acceptors (Lipinski definition) is 5. The molecule has 0 aromatic heterocycles. The summed E-state index contributed by atoms with van der Waals surface area (Å²) in [5.74, 6) is 1.23. The number of ether oxygens (including phenoxy) is 3. The molecule has 1 saturated heterocycles. The first kappa shape index (κ1) is 26.3. The Morgan fingerprint density at radius 1 is 1.33 bits per heavy atom. The van der Waals surface area contributed by atoms with E-state index < -0.39 is 17.1 Å². The summed E-state index contributed by atoms with van der Waals surface area (Å²) >= 11 is 0. The lowest BCUT2D eigenvalue weighted by Gasteiger charge is -2.60. The fourth-order valence-corrected chi connectivity index (χ4v) is 8.67. The molecule has 5 rings (SSSR count). The highest BCUT2D eigenvalue weighted by molar-refractivity contribution is 5.91. The predicted molar refractivity (Wildman–Crippen MR) is 140 cm³/mol. The van der Waals surface area contributed by atoms with Crippen LogP contribution in [-0.4, -0.2) is 48.2 Å². The molecule has 0 amide bonds. The van der Waals surface area contributed by atoms with E-state index in [9.17, 15) is 9.90 Å². The van der Waals surface area contributed by atoms with E-state index in [0.717, 1.165) is 44.1 Å². The molecule has 0 aromatic rings. The lowest BCUT2D eigenvalue weighted by atomic mass is 9.46. The van der Waals surface area contributed by atoms with Crippen LogP contribution in [0.2, 0.25) is 0 Å². The Balaban J connectivity index is 1.47. The van der Waals surface area contributed by atoms with Crippen LogP contribution in [0.4, 0.5) is 0 Å². The summed E-state index contributed by atoms with van der Waals surface area (Å²) in [6, 6.07) is 0. The van der Waals surface area contributed by atoms with Crippen molar-refractivity contribution in [2.45, 2.75) is 104 Å². The third-order valence-electron chi connectivity index (χ3n) is 10.4. The van der Waals surface area contributed by atoms with Crippen molar-refractivity contribution in [2.24, 2.45) is 34.5 Å². The van der Waals surface area contributed by atoms with Gasteiger partial charge >= 0.3 is 0 Å². The average molecular weight is 499 g/mol. The lowest BCUT2D eigenvalue weighted by molar-refractivity contribution is -0.201. The van der Waals surface area contributed by atoms with Gasteiger partial charge in [-0.1, -0.05) is 71.4 Å². The minimum atomic E-state index is -1.05. The number of rotatable bonds is 8. The van der Waals surface area contributed by atoms with Crippen LogP contribution in [0.3, 0.4) is 0 Å². The number of ketones is 1. The van der Waals surface area contributed by atoms with Gasteiger partial charge in [-0.15, -0.1) is 0 Å². The minimum absolute atomic E-state index is 0.00183.